The van der Waals surface area contributed by atoms with E-state index in [0.717, 1.165) is 19.3 Å². The van der Waals surface area contributed by atoms with Crippen LogP contribution in [0.3, 0.4) is 0 Å². The number of amides is 3. The number of primary amides is 1. The van der Waals surface area contributed by atoms with Gasteiger partial charge in [0, 0.05) is 6.54 Å². The Balaban J connectivity index is 1.82. The second-order valence-corrected chi connectivity index (χ2v) is 9.37. The van der Waals surface area contributed by atoms with Crippen LogP contribution in [0.4, 0.5) is 13.2 Å². The van der Waals surface area contributed by atoms with E-state index in [9.17, 15) is 27.6 Å². The Morgan fingerprint density at radius 3 is 2.24 bits per heavy atom. The number of nitrogens with zero attached hydrogens (tertiary/aromatic N) is 1. The number of hydrogen-bond acceptors (Lipinski definition) is 4. The number of fused-ring (bicyclic) bond motifs is 1. The van der Waals surface area contributed by atoms with E-state index < -0.39 is 47.7 Å². The highest BCUT2D eigenvalue weighted by Crippen LogP contribution is 2.64. The molecule has 10 heteroatoms. The van der Waals surface area contributed by atoms with E-state index in [-0.39, 0.29) is 23.8 Å². The van der Waals surface area contributed by atoms with Crippen LogP contribution in [0.5, 0.6) is 0 Å². The van der Waals surface area contributed by atoms with E-state index in [2.05, 4.69) is 0 Å². The molecule has 3 aliphatic rings. The maximum atomic E-state index is 13.2. The first-order valence-corrected chi connectivity index (χ1v) is 9.84. The fourth-order valence-electron chi connectivity index (χ4n) is 4.93. The lowest BCUT2D eigenvalue weighted by molar-refractivity contribution is -0.180. The van der Waals surface area contributed by atoms with Crippen molar-refractivity contribution in [3.8, 4) is 0 Å². The van der Waals surface area contributed by atoms with Gasteiger partial charge in [0.05, 0.1) is 11.7 Å². The third kappa shape index (κ3) is 3.83. The number of nitrogens with one attached hydrogen (secondary N) is 1. The molecular weight excluding hydrogens is 391 g/mol. The van der Waals surface area contributed by atoms with Crippen LogP contribution in [0, 0.1) is 17.3 Å². The standard InChI is InChI=1S/C19H28F3N3O4/c1-9(29-18(4)6-5-7-18)12(24-16(28)19(20,21)22)15(27)25-8-10-11(17(10,2)3)13(25)14(23)26/h9-13H,5-8H2,1-4H3,(H2,23,26)(H,24,28)/t9-,10?,11?,12+,13?/m1/s1. The van der Waals surface area contributed by atoms with Crippen LogP contribution >= 0.6 is 0 Å². The molecule has 3 amide bonds. The maximum absolute atomic E-state index is 13.2. The second-order valence-electron chi connectivity index (χ2n) is 9.37. The highest BCUT2D eigenvalue weighted by Gasteiger charge is 2.69. The van der Waals surface area contributed by atoms with E-state index >= 15 is 0 Å². The molecule has 0 radical (unpaired) electrons. The molecule has 7 nitrogen and oxygen atoms in total. The molecule has 0 aromatic rings. The Hall–Kier alpha value is -1.84. The molecule has 0 aromatic heterocycles. The summed E-state index contributed by atoms with van der Waals surface area (Å²) in [5.41, 5.74) is 4.81. The quantitative estimate of drug-likeness (QED) is 0.679. The van der Waals surface area contributed by atoms with E-state index in [0.29, 0.717) is 0 Å². The number of piperidine rings is 1. The first-order valence-electron chi connectivity index (χ1n) is 9.84. The van der Waals surface area contributed by atoms with Gasteiger partial charge in [0.2, 0.25) is 11.8 Å². The summed E-state index contributed by atoms with van der Waals surface area (Å²) in [6.45, 7) is 7.42. The molecular formula is C19H28F3N3O4. The smallest absolute Gasteiger partial charge is 0.370 e. The summed E-state index contributed by atoms with van der Waals surface area (Å²) >= 11 is 0. The molecule has 2 aliphatic carbocycles. The first kappa shape index (κ1) is 21.9. The van der Waals surface area contributed by atoms with Crippen molar-refractivity contribution >= 4 is 17.7 Å². The fraction of sp³-hybridized carbons (Fsp3) is 0.842. The van der Waals surface area contributed by atoms with Crippen LogP contribution in [-0.4, -0.2) is 59.1 Å². The van der Waals surface area contributed by atoms with Gasteiger partial charge in [-0.2, -0.15) is 13.2 Å². The molecule has 29 heavy (non-hydrogen) atoms. The zero-order valence-corrected chi connectivity index (χ0v) is 17.0. The third-order valence-corrected chi connectivity index (χ3v) is 6.94. The van der Waals surface area contributed by atoms with Crippen molar-refractivity contribution in [3.63, 3.8) is 0 Å². The lowest BCUT2D eigenvalue weighted by Gasteiger charge is -2.42. The molecule has 5 atom stereocenters. The van der Waals surface area contributed by atoms with Crippen molar-refractivity contribution in [2.75, 3.05) is 6.54 Å². The Bertz CT molecular complexity index is 720. The number of ether oxygens (including phenoxy) is 1. The van der Waals surface area contributed by atoms with Crippen molar-refractivity contribution in [2.45, 2.75) is 76.9 Å². The van der Waals surface area contributed by atoms with Crippen LogP contribution in [0.15, 0.2) is 0 Å². The minimum atomic E-state index is -5.14. The average molecular weight is 419 g/mol. The van der Waals surface area contributed by atoms with Crippen molar-refractivity contribution < 1.29 is 32.3 Å². The summed E-state index contributed by atoms with van der Waals surface area (Å²) in [7, 11) is 0. The summed E-state index contributed by atoms with van der Waals surface area (Å²) in [6.07, 6.45) is -3.78. The van der Waals surface area contributed by atoms with Crippen molar-refractivity contribution in [1.29, 1.82) is 0 Å². The predicted octanol–water partition coefficient (Wildman–Crippen LogP) is 1.35. The number of nitrogens with two attached hydrogens (primary N) is 1. The van der Waals surface area contributed by atoms with E-state index in [4.69, 9.17) is 10.5 Å². The van der Waals surface area contributed by atoms with Gasteiger partial charge in [-0.1, -0.05) is 13.8 Å². The fourth-order valence-corrected chi connectivity index (χ4v) is 4.93. The van der Waals surface area contributed by atoms with E-state index in [1.54, 1.807) is 5.32 Å². The van der Waals surface area contributed by atoms with Gasteiger partial charge in [0.15, 0.2) is 0 Å². The molecule has 0 aromatic carbocycles. The number of alkyl halides is 3. The largest absolute Gasteiger partial charge is 0.471 e. The molecule has 1 heterocycles. The topological polar surface area (TPSA) is 102 Å². The molecule has 3 N–H and O–H groups in total. The summed E-state index contributed by atoms with van der Waals surface area (Å²) in [5.74, 6) is -3.78. The summed E-state index contributed by atoms with van der Waals surface area (Å²) in [5, 5.41) is 1.78. The number of carbonyl (C=O) groups is 3. The third-order valence-electron chi connectivity index (χ3n) is 6.94. The molecule has 2 saturated carbocycles. The van der Waals surface area contributed by atoms with E-state index in [1.165, 1.54) is 11.8 Å². The SMILES string of the molecule is C[C@@H](OC1(C)CCC1)[C@H](NC(=O)C(F)(F)F)C(=O)N1CC2C(C1C(N)=O)C2(C)C. The zero-order valence-electron chi connectivity index (χ0n) is 17.0. The summed E-state index contributed by atoms with van der Waals surface area (Å²) in [6, 6.07) is -2.47. The van der Waals surface area contributed by atoms with Crippen LogP contribution in [0.1, 0.15) is 47.0 Å². The normalized spacial score (nSPS) is 31.3. The van der Waals surface area contributed by atoms with Gasteiger partial charge >= 0.3 is 12.1 Å². The van der Waals surface area contributed by atoms with Gasteiger partial charge in [0.1, 0.15) is 12.1 Å². The van der Waals surface area contributed by atoms with Crippen molar-refractivity contribution in [1.82, 2.24) is 10.2 Å². The number of carbonyl (C=O) groups excluding carboxylic acids is 3. The second kappa shape index (κ2) is 6.85. The van der Waals surface area contributed by atoms with Gasteiger partial charge in [-0.25, -0.2) is 0 Å². The molecule has 1 aliphatic heterocycles. The lowest BCUT2D eigenvalue weighted by atomic mass is 9.81. The van der Waals surface area contributed by atoms with Crippen LogP contribution in [0.25, 0.3) is 0 Å². The van der Waals surface area contributed by atoms with Gasteiger partial charge in [-0.15, -0.1) is 0 Å². The van der Waals surface area contributed by atoms with Crippen LogP contribution < -0.4 is 11.1 Å². The van der Waals surface area contributed by atoms with Crippen LogP contribution in [-0.2, 0) is 19.1 Å². The first-order chi connectivity index (χ1) is 13.2. The minimum absolute atomic E-state index is 0.0447. The van der Waals surface area contributed by atoms with Crippen molar-refractivity contribution in [2.24, 2.45) is 23.0 Å². The summed E-state index contributed by atoms with van der Waals surface area (Å²) in [4.78, 5) is 38.0. The van der Waals surface area contributed by atoms with Gasteiger partial charge in [-0.05, 0) is 50.4 Å². The average Bonchev–Trinajstić information content (AvgIpc) is 2.94. The maximum Gasteiger partial charge on any atom is 0.471 e. The Kier molecular flexibility index (Phi) is 5.16. The monoisotopic (exact) mass is 419 g/mol. The molecule has 3 rings (SSSR count). The molecule has 1 saturated heterocycles. The van der Waals surface area contributed by atoms with Gasteiger partial charge in [0.25, 0.3) is 0 Å². The zero-order chi connectivity index (χ0) is 21.9. The molecule has 3 fully saturated rings. The molecule has 164 valence electrons. The van der Waals surface area contributed by atoms with E-state index in [1.807, 2.05) is 20.8 Å². The van der Waals surface area contributed by atoms with Gasteiger partial charge in [-0.3, -0.25) is 14.4 Å². The highest BCUT2D eigenvalue weighted by atomic mass is 19.4. The lowest BCUT2D eigenvalue weighted by Crippen LogP contribution is -2.61. The highest BCUT2D eigenvalue weighted by molar-refractivity contribution is 5.94. The Labute approximate surface area is 167 Å². The molecule has 0 bridgehead atoms. The summed E-state index contributed by atoms with van der Waals surface area (Å²) < 4.78 is 44.4. The molecule has 0 spiro atoms. The minimum Gasteiger partial charge on any atom is -0.370 e. The number of halogens is 3. The number of hydrogen-bond donors (Lipinski definition) is 2. The Morgan fingerprint density at radius 1 is 1.21 bits per heavy atom. The number of rotatable bonds is 6. The van der Waals surface area contributed by atoms with Crippen molar-refractivity contribution in [3.05, 3.63) is 0 Å². The number of likely N-dealkylation sites (tertiary alicyclic amines) is 1. The van der Waals surface area contributed by atoms with Crippen LogP contribution in [0.2, 0.25) is 0 Å². The Morgan fingerprint density at radius 2 is 1.79 bits per heavy atom. The van der Waals surface area contributed by atoms with Gasteiger partial charge < -0.3 is 20.7 Å². The molecule has 3 unspecified atom stereocenters. The predicted molar refractivity (Wildman–Crippen MR) is 96.2 cm³/mol.